The Hall–Kier alpha value is -2.00. The number of ether oxygens (including phenoxy) is 1. The molecule has 4 rings (SSSR count). The first-order chi connectivity index (χ1) is 14.4. The number of nitrogens with zero attached hydrogens (tertiary/aromatic N) is 3. The number of rotatable bonds is 5. The van der Waals surface area contributed by atoms with Crippen molar-refractivity contribution in [1.82, 2.24) is 13.6 Å². The molecule has 0 amide bonds. The van der Waals surface area contributed by atoms with E-state index >= 15 is 0 Å². The minimum absolute atomic E-state index is 0.0908. The molecule has 162 valence electrons. The van der Waals surface area contributed by atoms with Crippen LogP contribution in [-0.4, -0.2) is 61.4 Å². The topological polar surface area (TPSA) is 74.8 Å². The number of piperidine rings is 1. The van der Waals surface area contributed by atoms with E-state index in [0.29, 0.717) is 39.4 Å². The van der Waals surface area contributed by atoms with Gasteiger partial charge in [0.15, 0.2) is 0 Å². The second-order valence-electron chi connectivity index (χ2n) is 8.13. The lowest BCUT2D eigenvalue weighted by Gasteiger charge is -2.36. The minimum atomic E-state index is -3.46. The SMILES string of the molecule is Cc1ccc(Nc2cc(C)nc([C@H]3CCCN(S(=O)(=O)N4CCOCC4)C3)c2)cc1. The first-order valence-electron chi connectivity index (χ1n) is 10.6. The Morgan fingerprint density at radius 1 is 1.00 bits per heavy atom. The van der Waals surface area contributed by atoms with Gasteiger partial charge in [-0.25, -0.2) is 0 Å². The van der Waals surface area contributed by atoms with Gasteiger partial charge in [-0.1, -0.05) is 17.7 Å². The van der Waals surface area contributed by atoms with Crippen LogP contribution in [0.1, 0.15) is 35.7 Å². The summed E-state index contributed by atoms with van der Waals surface area (Å²) in [7, 11) is -3.46. The average molecular weight is 431 g/mol. The fourth-order valence-corrected chi connectivity index (χ4v) is 5.78. The van der Waals surface area contributed by atoms with Crippen molar-refractivity contribution < 1.29 is 13.2 Å². The van der Waals surface area contributed by atoms with E-state index in [1.54, 1.807) is 8.61 Å². The first-order valence-corrected chi connectivity index (χ1v) is 12.0. The summed E-state index contributed by atoms with van der Waals surface area (Å²) in [6.45, 7) is 6.87. The van der Waals surface area contributed by atoms with E-state index in [-0.39, 0.29) is 5.92 Å². The molecule has 0 unspecified atom stereocenters. The Labute approximate surface area is 179 Å². The summed E-state index contributed by atoms with van der Waals surface area (Å²) < 4.78 is 34.7. The second-order valence-corrected chi connectivity index (χ2v) is 10.1. The molecule has 0 saturated carbocycles. The third kappa shape index (κ3) is 4.83. The molecular formula is C22H30N4O3S. The van der Waals surface area contributed by atoms with Gasteiger partial charge < -0.3 is 10.1 Å². The molecule has 0 bridgehead atoms. The molecule has 2 aliphatic rings. The number of anilines is 2. The number of aryl methyl sites for hydroxylation is 2. The average Bonchev–Trinajstić information content (AvgIpc) is 2.76. The maximum Gasteiger partial charge on any atom is 0.282 e. The van der Waals surface area contributed by atoms with E-state index < -0.39 is 10.2 Å². The Bertz CT molecular complexity index is 972. The van der Waals surface area contributed by atoms with Crippen molar-refractivity contribution in [3.8, 4) is 0 Å². The number of morpholine rings is 1. The van der Waals surface area contributed by atoms with Gasteiger partial charge in [0, 0.05) is 54.9 Å². The monoisotopic (exact) mass is 430 g/mol. The van der Waals surface area contributed by atoms with Gasteiger partial charge in [0.2, 0.25) is 0 Å². The van der Waals surface area contributed by atoms with Crippen molar-refractivity contribution in [3.05, 3.63) is 53.3 Å². The van der Waals surface area contributed by atoms with Crippen LogP contribution in [0.4, 0.5) is 11.4 Å². The zero-order valence-corrected chi connectivity index (χ0v) is 18.5. The predicted octanol–water partition coefficient (Wildman–Crippen LogP) is 3.20. The van der Waals surface area contributed by atoms with Crippen molar-refractivity contribution in [2.45, 2.75) is 32.6 Å². The van der Waals surface area contributed by atoms with Gasteiger partial charge in [-0.2, -0.15) is 17.0 Å². The molecule has 1 aromatic carbocycles. The van der Waals surface area contributed by atoms with Gasteiger partial charge in [0.25, 0.3) is 10.2 Å². The van der Waals surface area contributed by atoms with Crippen molar-refractivity contribution >= 4 is 21.6 Å². The molecule has 30 heavy (non-hydrogen) atoms. The molecule has 0 radical (unpaired) electrons. The number of pyridine rings is 1. The lowest BCUT2D eigenvalue weighted by atomic mass is 9.95. The highest BCUT2D eigenvalue weighted by Crippen LogP contribution is 2.30. The third-order valence-electron chi connectivity index (χ3n) is 5.74. The fourth-order valence-electron chi connectivity index (χ4n) is 4.11. The smallest absolute Gasteiger partial charge is 0.282 e. The number of benzene rings is 1. The Kier molecular flexibility index (Phi) is 6.38. The quantitative estimate of drug-likeness (QED) is 0.789. The van der Waals surface area contributed by atoms with Crippen LogP contribution in [0.3, 0.4) is 0 Å². The molecule has 0 spiro atoms. The molecule has 8 heteroatoms. The van der Waals surface area contributed by atoms with Crippen LogP contribution in [-0.2, 0) is 14.9 Å². The second kappa shape index (κ2) is 9.01. The van der Waals surface area contributed by atoms with Gasteiger partial charge >= 0.3 is 0 Å². The summed E-state index contributed by atoms with van der Waals surface area (Å²) in [4.78, 5) is 4.75. The Morgan fingerprint density at radius 2 is 1.73 bits per heavy atom. The third-order valence-corrected chi connectivity index (χ3v) is 7.74. The standard InChI is InChI=1S/C22H30N4O3S/c1-17-5-7-20(8-6-17)24-21-14-18(2)23-22(15-21)19-4-3-9-26(16-19)30(27,28)25-10-12-29-13-11-25/h5-8,14-15,19H,3-4,9-13,16H2,1-2H3,(H,23,24)/t19-/m0/s1. The highest BCUT2D eigenvalue weighted by Gasteiger charge is 2.35. The van der Waals surface area contributed by atoms with Crippen molar-refractivity contribution in [2.75, 3.05) is 44.7 Å². The molecule has 1 aromatic heterocycles. The van der Waals surface area contributed by atoms with E-state index in [2.05, 4.69) is 42.6 Å². The van der Waals surface area contributed by atoms with Crippen LogP contribution in [0.15, 0.2) is 36.4 Å². The molecule has 2 aromatic rings. The zero-order valence-electron chi connectivity index (χ0n) is 17.7. The number of nitrogens with one attached hydrogen (secondary N) is 1. The highest BCUT2D eigenvalue weighted by molar-refractivity contribution is 7.86. The zero-order chi connectivity index (χ0) is 21.1. The first kappa shape index (κ1) is 21.2. The van der Waals surface area contributed by atoms with Crippen LogP contribution in [0.2, 0.25) is 0 Å². The molecule has 2 fully saturated rings. The van der Waals surface area contributed by atoms with Gasteiger partial charge in [0.1, 0.15) is 0 Å². The summed E-state index contributed by atoms with van der Waals surface area (Å²) in [5, 5.41) is 3.45. The number of hydrogen-bond donors (Lipinski definition) is 1. The van der Waals surface area contributed by atoms with Crippen LogP contribution >= 0.6 is 0 Å². The van der Waals surface area contributed by atoms with Gasteiger partial charge in [0.05, 0.1) is 13.2 Å². The van der Waals surface area contributed by atoms with Crippen molar-refractivity contribution in [2.24, 2.45) is 0 Å². The van der Waals surface area contributed by atoms with Gasteiger partial charge in [-0.3, -0.25) is 4.98 Å². The molecule has 0 aliphatic carbocycles. The lowest BCUT2D eigenvalue weighted by Crippen LogP contribution is -2.51. The maximum absolute atomic E-state index is 13.1. The van der Waals surface area contributed by atoms with E-state index in [9.17, 15) is 8.42 Å². The van der Waals surface area contributed by atoms with E-state index in [0.717, 1.165) is 35.6 Å². The number of aromatic nitrogens is 1. The molecular weight excluding hydrogens is 400 g/mol. The fraction of sp³-hybridized carbons (Fsp3) is 0.500. The molecule has 1 N–H and O–H groups in total. The normalized spacial score (nSPS) is 21.5. The summed E-state index contributed by atoms with van der Waals surface area (Å²) in [6.07, 6.45) is 1.78. The van der Waals surface area contributed by atoms with Crippen molar-refractivity contribution in [1.29, 1.82) is 0 Å². The van der Waals surface area contributed by atoms with Crippen LogP contribution in [0, 0.1) is 13.8 Å². The largest absolute Gasteiger partial charge is 0.379 e. The summed E-state index contributed by atoms with van der Waals surface area (Å²) in [5.41, 5.74) is 5.10. The summed E-state index contributed by atoms with van der Waals surface area (Å²) >= 11 is 0. The van der Waals surface area contributed by atoms with Crippen LogP contribution in [0.25, 0.3) is 0 Å². The van der Waals surface area contributed by atoms with Gasteiger partial charge in [-0.05, 0) is 51.0 Å². The van der Waals surface area contributed by atoms with E-state index in [1.165, 1.54) is 5.56 Å². The summed E-state index contributed by atoms with van der Waals surface area (Å²) in [6, 6.07) is 12.3. The Balaban J connectivity index is 1.51. The van der Waals surface area contributed by atoms with Crippen LogP contribution < -0.4 is 5.32 Å². The molecule has 7 nitrogen and oxygen atoms in total. The van der Waals surface area contributed by atoms with Crippen molar-refractivity contribution in [3.63, 3.8) is 0 Å². The number of hydrogen-bond acceptors (Lipinski definition) is 5. The minimum Gasteiger partial charge on any atom is -0.379 e. The Morgan fingerprint density at radius 3 is 2.47 bits per heavy atom. The molecule has 3 heterocycles. The van der Waals surface area contributed by atoms with E-state index in [1.807, 2.05) is 13.0 Å². The van der Waals surface area contributed by atoms with Crippen LogP contribution in [0.5, 0.6) is 0 Å². The molecule has 1 atom stereocenters. The maximum atomic E-state index is 13.1. The lowest BCUT2D eigenvalue weighted by molar-refractivity contribution is 0.0695. The molecule has 2 saturated heterocycles. The van der Waals surface area contributed by atoms with E-state index in [4.69, 9.17) is 9.72 Å². The summed E-state index contributed by atoms with van der Waals surface area (Å²) in [5.74, 6) is 0.0908. The highest BCUT2D eigenvalue weighted by atomic mass is 32.2. The molecule has 2 aliphatic heterocycles. The van der Waals surface area contributed by atoms with Gasteiger partial charge in [-0.15, -0.1) is 0 Å². The predicted molar refractivity (Wildman–Crippen MR) is 118 cm³/mol.